The van der Waals surface area contributed by atoms with Gasteiger partial charge in [0.05, 0.1) is 11.9 Å². The summed E-state index contributed by atoms with van der Waals surface area (Å²) >= 11 is 0. The average Bonchev–Trinajstić information content (AvgIpc) is 3.11. The molecule has 0 saturated carbocycles. The lowest BCUT2D eigenvalue weighted by molar-refractivity contribution is 0.291. The van der Waals surface area contributed by atoms with Gasteiger partial charge < -0.3 is 14.8 Å². The number of likely N-dealkylation sites (tertiary alicyclic amines) is 1. The second-order valence-electron chi connectivity index (χ2n) is 6.46. The van der Waals surface area contributed by atoms with Crippen molar-refractivity contribution in [2.75, 3.05) is 25.0 Å². The molecule has 0 spiro atoms. The van der Waals surface area contributed by atoms with Crippen molar-refractivity contribution in [3.63, 3.8) is 0 Å². The lowest BCUT2D eigenvalue weighted by Crippen LogP contribution is -2.41. The van der Waals surface area contributed by atoms with Gasteiger partial charge in [-0.2, -0.15) is 5.26 Å². The summed E-state index contributed by atoms with van der Waals surface area (Å²) in [4.78, 5) is 16.1. The van der Waals surface area contributed by atoms with Gasteiger partial charge >= 0.3 is 0 Å². The second kappa shape index (κ2) is 6.44. The van der Waals surface area contributed by atoms with Crippen molar-refractivity contribution in [1.29, 1.82) is 5.26 Å². The Kier molecular flexibility index (Phi) is 3.98. The van der Waals surface area contributed by atoms with Crippen LogP contribution in [0.5, 0.6) is 0 Å². The van der Waals surface area contributed by atoms with Crippen LogP contribution in [0, 0.1) is 11.5 Å². The second-order valence-corrected chi connectivity index (χ2v) is 6.46. The van der Waals surface area contributed by atoms with Crippen molar-refractivity contribution in [2.45, 2.75) is 18.9 Å². The first kappa shape index (κ1) is 15.5. The smallest absolute Gasteiger partial charge is 0.179 e. The van der Waals surface area contributed by atoms with Gasteiger partial charge in [-0.3, -0.25) is 4.98 Å². The van der Waals surface area contributed by atoms with Crippen LogP contribution in [0.4, 0.5) is 5.69 Å². The number of hydrogen-bond acceptors (Lipinski definition) is 5. The van der Waals surface area contributed by atoms with E-state index in [-0.39, 0.29) is 0 Å². The van der Waals surface area contributed by atoms with Gasteiger partial charge in [-0.05, 0) is 36.6 Å². The normalized spacial score (nSPS) is 15.3. The summed E-state index contributed by atoms with van der Waals surface area (Å²) in [7, 11) is 2.12. The zero-order chi connectivity index (χ0) is 17.2. The molecule has 0 radical (unpaired) electrons. The maximum Gasteiger partial charge on any atom is 0.179 e. The third kappa shape index (κ3) is 2.89. The molecule has 3 aromatic heterocycles. The first-order valence-corrected chi connectivity index (χ1v) is 8.51. The first-order valence-electron chi connectivity index (χ1n) is 8.51. The Labute approximate surface area is 146 Å². The van der Waals surface area contributed by atoms with E-state index in [1.807, 2.05) is 29.4 Å². The Morgan fingerprint density at radius 3 is 2.76 bits per heavy atom. The van der Waals surface area contributed by atoms with E-state index in [0.29, 0.717) is 6.04 Å². The van der Waals surface area contributed by atoms with Crippen molar-refractivity contribution in [2.24, 2.45) is 0 Å². The van der Waals surface area contributed by atoms with Gasteiger partial charge in [-0.25, -0.2) is 4.98 Å². The van der Waals surface area contributed by atoms with Crippen molar-refractivity contribution < 1.29 is 0 Å². The Balaban J connectivity index is 1.64. The van der Waals surface area contributed by atoms with Gasteiger partial charge in [0.1, 0.15) is 5.65 Å². The molecule has 3 aromatic rings. The molecule has 4 heterocycles. The van der Waals surface area contributed by atoms with Crippen LogP contribution in [-0.2, 0) is 0 Å². The number of hydrogen-bond donors (Lipinski definition) is 1. The van der Waals surface area contributed by atoms with Crippen LogP contribution in [0.25, 0.3) is 22.2 Å². The molecule has 0 atom stereocenters. The van der Waals surface area contributed by atoms with Crippen LogP contribution < -0.4 is 4.90 Å². The lowest BCUT2D eigenvalue weighted by Gasteiger charge is -2.35. The summed E-state index contributed by atoms with van der Waals surface area (Å²) in [6.07, 6.45) is 11.8. The predicted molar refractivity (Wildman–Crippen MR) is 97.9 cm³/mol. The molecule has 6 nitrogen and oxygen atoms in total. The molecule has 1 fully saturated rings. The van der Waals surface area contributed by atoms with Gasteiger partial charge in [0, 0.05) is 55.7 Å². The predicted octanol–water partition coefficient (Wildman–Crippen LogP) is 3.01. The molecule has 1 N–H and O–H groups in total. The van der Waals surface area contributed by atoms with Gasteiger partial charge in [-0.1, -0.05) is 0 Å². The SMILES string of the molecule is CN(c1cnc2[nH]cc(-c3ccncc3)c2c1)C1CCN(C#N)CC1. The van der Waals surface area contributed by atoms with E-state index in [9.17, 15) is 0 Å². The monoisotopic (exact) mass is 332 g/mol. The molecule has 1 aliphatic heterocycles. The van der Waals surface area contributed by atoms with Crippen LogP contribution >= 0.6 is 0 Å². The summed E-state index contributed by atoms with van der Waals surface area (Å²) in [5, 5.41) is 10.1. The fraction of sp³-hybridized carbons (Fsp3) is 0.316. The molecule has 0 aromatic carbocycles. The maximum absolute atomic E-state index is 9.01. The molecule has 1 saturated heterocycles. The fourth-order valence-corrected chi connectivity index (χ4v) is 3.52. The summed E-state index contributed by atoms with van der Waals surface area (Å²) in [6.45, 7) is 1.65. The summed E-state index contributed by atoms with van der Waals surface area (Å²) in [6, 6.07) is 6.66. The van der Waals surface area contributed by atoms with Crippen molar-refractivity contribution in [3.8, 4) is 17.3 Å². The summed E-state index contributed by atoms with van der Waals surface area (Å²) in [5.41, 5.74) is 4.27. The molecule has 4 rings (SSSR count). The zero-order valence-electron chi connectivity index (χ0n) is 14.2. The van der Waals surface area contributed by atoms with E-state index in [1.165, 1.54) is 0 Å². The molecule has 1 aliphatic rings. The van der Waals surface area contributed by atoms with Crippen LogP contribution in [0.15, 0.2) is 43.0 Å². The lowest BCUT2D eigenvalue weighted by atomic mass is 10.0. The standard InChI is InChI=1S/C19H20N6/c1-24(15-4-8-25(13-20)9-5-15)16-10-17-18(12-23-19(17)22-11-16)14-2-6-21-7-3-14/h2-3,6-7,10-12,15H,4-5,8-9H2,1H3,(H,22,23). The number of fused-ring (bicyclic) bond motifs is 1. The van der Waals surface area contributed by atoms with Crippen LogP contribution in [0.2, 0.25) is 0 Å². The van der Waals surface area contributed by atoms with Crippen LogP contribution in [-0.4, -0.2) is 46.0 Å². The Morgan fingerprint density at radius 2 is 2.04 bits per heavy atom. The number of nitrogens with zero attached hydrogens (tertiary/aromatic N) is 5. The van der Waals surface area contributed by atoms with E-state index < -0.39 is 0 Å². The number of aromatic amines is 1. The highest BCUT2D eigenvalue weighted by molar-refractivity contribution is 5.95. The van der Waals surface area contributed by atoms with Crippen molar-refractivity contribution >= 4 is 16.7 Å². The fourth-order valence-electron chi connectivity index (χ4n) is 3.52. The highest BCUT2D eigenvalue weighted by Gasteiger charge is 2.22. The molecule has 0 amide bonds. The number of H-pyrrole nitrogens is 1. The van der Waals surface area contributed by atoms with E-state index in [0.717, 1.165) is 53.8 Å². The number of pyridine rings is 2. The third-order valence-electron chi connectivity index (χ3n) is 5.07. The van der Waals surface area contributed by atoms with E-state index in [2.05, 4.69) is 39.2 Å². The molecule has 25 heavy (non-hydrogen) atoms. The zero-order valence-corrected chi connectivity index (χ0v) is 14.2. The van der Waals surface area contributed by atoms with Crippen LogP contribution in [0.1, 0.15) is 12.8 Å². The number of anilines is 1. The van der Waals surface area contributed by atoms with Crippen LogP contribution in [0.3, 0.4) is 0 Å². The number of rotatable bonds is 3. The molecule has 0 bridgehead atoms. The molecular weight excluding hydrogens is 312 g/mol. The first-order chi connectivity index (χ1) is 12.3. The minimum Gasteiger partial charge on any atom is -0.370 e. The molecule has 0 unspecified atom stereocenters. The minimum atomic E-state index is 0.437. The average molecular weight is 332 g/mol. The van der Waals surface area contributed by atoms with Crippen molar-refractivity contribution in [3.05, 3.63) is 43.0 Å². The Hall–Kier alpha value is -3.07. The maximum atomic E-state index is 9.01. The molecular formula is C19H20N6. The van der Waals surface area contributed by atoms with E-state index in [4.69, 9.17) is 5.26 Å². The highest BCUT2D eigenvalue weighted by Crippen LogP contribution is 2.31. The van der Waals surface area contributed by atoms with E-state index in [1.54, 1.807) is 12.4 Å². The Morgan fingerprint density at radius 1 is 1.28 bits per heavy atom. The van der Waals surface area contributed by atoms with Crippen molar-refractivity contribution in [1.82, 2.24) is 19.9 Å². The molecule has 6 heteroatoms. The highest BCUT2D eigenvalue weighted by atomic mass is 15.2. The molecule has 0 aliphatic carbocycles. The van der Waals surface area contributed by atoms with Gasteiger partial charge in [0.2, 0.25) is 0 Å². The van der Waals surface area contributed by atoms with E-state index >= 15 is 0 Å². The third-order valence-corrected chi connectivity index (χ3v) is 5.07. The number of piperidine rings is 1. The number of nitriles is 1. The topological polar surface area (TPSA) is 71.8 Å². The quantitative estimate of drug-likeness (QED) is 0.747. The summed E-state index contributed by atoms with van der Waals surface area (Å²) in [5.74, 6) is 0. The summed E-state index contributed by atoms with van der Waals surface area (Å²) < 4.78 is 0. The number of nitrogens with one attached hydrogen (secondary N) is 1. The number of aromatic nitrogens is 3. The van der Waals surface area contributed by atoms with Gasteiger partial charge in [0.25, 0.3) is 0 Å². The Bertz CT molecular complexity index is 903. The van der Waals surface area contributed by atoms with Gasteiger partial charge in [-0.15, -0.1) is 0 Å². The largest absolute Gasteiger partial charge is 0.370 e. The molecule has 126 valence electrons. The minimum absolute atomic E-state index is 0.437. The van der Waals surface area contributed by atoms with Gasteiger partial charge in [0.15, 0.2) is 6.19 Å².